The van der Waals surface area contributed by atoms with Crippen LogP contribution in [0.5, 0.6) is 0 Å². The quantitative estimate of drug-likeness (QED) is 0.589. The monoisotopic (exact) mass is 291 g/mol. The van der Waals surface area contributed by atoms with Crippen molar-refractivity contribution in [2.75, 3.05) is 5.32 Å². The van der Waals surface area contributed by atoms with Crippen LogP contribution in [0.3, 0.4) is 0 Å². The molecular formula is C17H13N3O2. The van der Waals surface area contributed by atoms with Crippen LogP contribution in [0.4, 0.5) is 5.69 Å². The van der Waals surface area contributed by atoms with Crippen LogP contribution in [0.1, 0.15) is 16.2 Å². The minimum Gasteiger partial charge on any atom is -0.441 e. The van der Waals surface area contributed by atoms with Gasteiger partial charge in [-0.1, -0.05) is 6.07 Å². The normalized spacial score (nSPS) is 11.1. The number of aryl methyl sites for hydroxylation is 1. The highest BCUT2D eigenvalue weighted by Gasteiger charge is 2.11. The van der Waals surface area contributed by atoms with Gasteiger partial charge in [0.15, 0.2) is 11.5 Å². The molecule has 1 amide bonds. The topological polar surface area (TPSA) is 70.9 Å². The van der Waals surface area contributed by atoms with E-state index in [-0.39, 0.29) is 5.91 Å². The van der Waals surface area contributed by atoms with E-state index in [1.807, 2.05) is 42.6 Å². The Balaban J connectivity index is 1.69. The van der Waals surface area contributed by atoms with E-state index in [4.69, 9.17) is 4.42 Å². The maximum atomic E-state index is 12.5. The molecule has 0 saturated carbocycles. The van der Waals surface area contributed by atoms with Crippen LogP contribution in [-0.4, -0.2) is 15.9 Å². The minimum absolute atomic E-state index is 0.148. The summed E-state index contributed by atoms with van der Waals surface area (Å²) in [4.78, 5) is 19.9. The first kappa shape index (κ1) is 12.6. The number of H-pyrrole nitrogens is 1. The molecule has 108 valence electrons. The molecule has 0 aliphatic heterocycles. The summed E-state index contributed by atoms with van der Waals surface area (Å²) < 4.78 is 5.43. The minimum atomic E-state index is -0.148. The van der Waals surface area contributed by atoms with Crippen LogP contribution in [0.25, 0.3) is 22.0 Å². The number of anilines is 1. The number of amides is 1. The van der Waals surface area contributed by atoms with E-state index < -0.39 is 0 Å². The number of aromatic amines is 1. The number of carbonyl (C=O) groups excluding carboxylic acids is 1. The third kappa shape index (κ3) is 2.03. The van der Waals surface area contributed by atoms with Crippen molar-refractivity contribution in [3.63, 3.8) is 0 Å². The number of rotatable bonds is 2. The molecule has 0 bridgehead atoms. The van der Waals surface area contributed by atoms with E-state index in [9.17, 15) is 4.79 Å². The van der Waals surface area contributed by atoms with E-state index in [0.717, 1.165) is 16.4 Å². The second-order valence-corrected chi connectivity index (χ2v) is 5.11. The van der Waals surface area contributed by atoms with Crippen molar-refractivity contribution in [1.29, 1.82) is 0 Å². The molecule has 22 heavy (non-hydrogen) atoms. The highest BCUT2D eigenvalue weighted by molar-refractivity contribution is 6.12. The Labute approximate surface area is 126 Å². The molecule has 0 aliphatic carbocycles. The number of hydrogen-bond acceptors (Lipinski definition) is 3. The molecule has 2 N–H and O–H groups in total. The Bertz CT molecular complexity index is 997. The van der Waals surface area contributed by atoms with Gasteiger partial charge in [0.25, 0.3) is 5.91 Å². The van der Waals surface area contributed by atoms with Gasteiger partial charge < -0.3 is 14.7 Å². The van der Waals surface area contributed by atoms with Crippen molar-refractivity contribution >= 4 is 33.6 Å². The van der Waals surface area contributed by atoms with Crippen LogP contribution in [0.15, 0.2) is 53.1 Å². The maximum absolute atomic E-state index is 12.5. The van der Waals surface area contributed by atoms with Crippen LogP contribution in [0, 0.1) is 6.92 Å². The summed E-state index contributed by atoms with van der Waals surface area (Å²) in [6.07, 6.45) is 1.83. The SMILES string of the molecule is Cc1nc2cc(NC(=O)c3cccc4[nH]ccc34)ccc2o1. The fourth-order valence-electron chi connectivity index (χ4n) is 2.60. The second-order valence-electron chi connectivity index (χ2n) is 5.11. The maximum Gasteiger partial charge on any atom is 0.256 e. The third-order valence-corrected chi connectivity index (χ3v) is 3.59. The summed E-state index contributed by atoms with van der Waals surface area (Å²) in [7, 11) is 0. The van der Waals surface area contributed by atoms with Gasteiger partial charge in [0.2, 0.25) is 0 Å². The number of oxazole rings is 1. The highest BCUT2D eigenvalue weighted by atomic mass is 16.3. The molecule has 0 fully saturated rings. The molecule has 0 aliphatic rings. The van der Waals surface area contributed by atoms with E-state index in [1.54, 1.807) is 13.0 Å². The number of nitrogens with one attached hydrogen (secondary N) is 2. The lowest BCUT2D eigenvalue weighted by Gasteiger charge is -2.06. The summed E-state index contributed by atoms with van der Waals surface area (Å²) in [6, 6.07) is 12.9. The Morgan fingerprint density at radius 1 is 1.23 bits per heavy atom. The first-order valence-corrected chi connectivity index (χ1v) is 6.95. The predicted octanol–water partition coefficient (Wildman–Crippen LogP) is 3.87. The highest BCUT2D eigenvalue weighted by Crippen LogP contribution is 2.22. The molecular weight excluding hydrogens is 278 g/mol. The number of nitrogens with zero attached hydrogens (tertiary/aromatic N) is 1. The van der Waals surface area contributed by atoms with Gasteiger partial charge in [-0.2, -0.15) is 0 Å². The third-order valence-electron chi connectivity index (χ3n) is 3.59. The zero-order chi connectivity index (χ0) is 15.1. The first-order valence-electron chi connectivity index (χ1n) is 6.95. The first-order chi connectivity index (χ1) is 10.7. The standard InChI is InChI=1S/C17H13N3O2/c1-10-19-15-9-11(5-6-16(15)22-10)20-17(21)13-3-2-4-14-12(13)7-8-18-14/h2-9,18H,1H3,(H,20,21). The van der Waals surface area contributed by atoms with Crippen molar-refractivity contribution in [1.82, 2.24) is 9.97 Å². The molecule has 2 heterocycles. The van der Waals surface area contributed by atoms with Crippen LogP contribution < -0.4 is 5.32 Å². The number of fused-ring (bicyclic) bond motifs is 2. The molecule has 0 atom stereocenters. The van der Waals surface area contributed by atoms with Crippen molar-refractivity contribution in [2.24, 2.45) is 0 Å². The number of aromatic nitrogens is 2. The van der Waals surface area contributed by atoms with E-state index in [1.165, 1.54) is 0 Å². The van der Waals surface area contributed by atoms with Gasteiger partial charge >= 0.3 is 0 Å². The lowest BCUT2D eigenvalue weighted by atomic mass is 10.1. The summed E-state index contributed by atoms with van der Waals surface area (Å²) >= 11 is 0. The molecule has 0 spiro atoms. The van der Waals surface area contributed by atoms with Crippen molar-refractivity contribution in [3.05, 3.63) is 60.1 Å². The lowest BCUT2D eigenvalue weighted by Crippen LogP contribution is -2.12. The Morgan fingerprint density at radius 3 is 3.05 bits per heavy atom. The fourth-order valence-corrected chi connectivity index (χ4v) is 2.60. The Hall–Kier alpha value is -3.08. The van der Waals surface area contributed by atoms with Gasteiger partial charge in [-0.05, 0) is 36.4 Å². The van der Waals surface area contributed by atoms with Gasteiger partial charge in [0.1, 0.15) is 5.52 Å². The average Bonchev–Trinajstić information content (AvgIpc) is 3.11. The summed E-state index contributed by atoms with van der Waals surface area (Å²) in [6.45, 7) is 1.80. The van der Waals surface area contributed by atoms with E-state index in [2.05, 4.69) is 15.3 Å². The fraction of sp³-hybridized carbons (Fsp3) is 0.0588. The molecule has 4 aromatic rings. The largest absolute Gasteiger partial charge is 0.441 e. The van der Waals surface area contributed by atoms with Gasteiger partial charge in [-0.3, -0.25) is 4.79 Å². The molecule has 0 unspecified atom stereocenters. The average molecular weight is 291 g/mol. The van der Waals surface area contributed by atoms with Gasteiger partial charge in [0.05, 0.1) is 0 Å². The van der Waals surface area contributed by atoms with Crippen molar-refractivity contribution in [3.8, 4) is 0 Å². The molecule has 5 heteroatoms. The molecule has 4 rings (SSSR count). The smallest absolute Gasteiger partial charge is 0.256 e. The number of hydrogen-bond donors (Lipinski definition) is 2. The van der Waals surface area contributed by atoms with Crippen LogP contribution in [-0.2, 0) is 0 Å². The Kier molecular flexibility index (Phi) is 2.72. The number of carbonyl (C=O) groups is 1. The zero-order valence-electron chi connectivity index (χ0n) is 11.9. The Morgan fingerprint density at radius 2 is 2.14 bits per heavy atom. The zero-order valence-corrected chi connectivity index (χ0v) is 11.9. The van der Waals surface area contributed by atoms with Crippen molar-refractivity contribution < 1.29 is 9.21 Å². The molecule has 2 aromatic carbocycles. The molecule has 0 radical (unpaired) electrons. The van der Waals surface area contributed by atoms with Crippen LogP contribution >= 0.6 is 0 Å². The summed E-state index contributed by atoms with van der Waals surface area (Å²) in [5.74, 6) is 0.459. The van der Waals surface area contributed by atoms with Gasteiger partial charge in [-0.25, -0.2) is 4.98 Å². The van der Waals surface area contributed by atoms with Crippen LogP contribution in [0.2, 0.25) is 0 Å². The number of benzene rings is 2. The predicted molar refractivity (Wildman–Crippen MR) is 85.0 cm³/mol. The van der Waals surface area contributed by atoms with E-state index >= 15 is 0 Å². The molecule has 2 aromatic heterocycles. The lowest BCUT2D eigenvalue weighted by molar-refractivity contribution is 0.102. The molecule has 0 saturated heterocycles. The van der Waals surface area contributed by atoms with Gasteiger partial charge in [0, 0.05) is 35.3 Å². The summed E-state index contributed by atoms with van der Waals surface area (Å²) in [5.41, 5.74) is 3.71. The van der Waals surface area contributed by atoms with E-state index in [0.29, 0.717) is 22.7 Å². The van der Waals surface area contributed by atoms with Crippen molar-refractivity contribution in [2.45, 2.75) is 6.92 Å². The molecule has 5 nitrogen and oxygen atoms in total. The van der Waals surface area contributed by atoms with Gasteiger partial charge in [-0.15, -0.1) is 0 Å². The second kappa shape index (κ2) is 4.73. The summed E-state index contributed by atoms with van der Waals surface area (Å²) in [5, 5.41) is 3.81.